The molecule has 0 fully saturated rings. The van der Waals surface area contributed by atoms with Gasteiger partial charge in [-0.1, -0.05) is 18.7 Å². The average molecular weight is 192 g/mol. The molecule has 0 heterocycles. The van der Waals surface area contributed by atoms with Gasteiger partial charge in [0.25, 0.3) is 0 Å². The fourth-order valence-electron chi connectivity index (χ4n) is 1.05. The molecule has 0 aliphatic carbocycles. The maximum absolute atomic E-state index is 10.1. The van der Waals surface area contributed by atoms with Crippen molar-refractivity contribution in [3.63, 3.8) is 0 Å². The summed E-state index contributed by atoms with van der Waals surface area (Å²) in [5.74, 6) is 1.16. The second kappa shape index (κ2) is 5.07. The molecule has 0 aliphatic heterocycles. The zero-order valence-corrected chi connectivity index (χ0v) is 8.03. The third-order valence-electron chi connectivity index (χ3n) is 1.73. The van der Waals surface area contributed by atoms with Crippen molar-refractivity contribution in [2.45, 2.75) is 0 Å². The highest BCUT2D eigenvalue weighted by atomic mass is 16.5. The van der Waals surface area contributed by atoms with Crippen LogP contribution in [0.3, 0.4) is 0 Å². The average Bonchev–Trinajstić information content (AvgIpc) is 2.26. The van der Waals surface area contributed by atoms with Gasteiger partial charge in [-0.15, -0.1) is 0 Å². The minimum Gasteiger partial charge on any atom is -0.493 e. The Bertz CT molecular complexity index is 331. The number of methoxy groups -OCH3 is 1. The van der Waals surface area contributed by atoms with Crippen LogP contribution in [-0.2, 0) is 4.79 Å². The molecule has 1 aromatic rings. The highest BCUT2D eigenvalue weighted by molar-refractivity contribution is 5.56. The van der Waals surface area contributed by atoms with Crippen LogP contribution in [0.4, 0.5) is 0 Å². The summed E-state index contributed by atoms with van der Waals surface area (Å²) in [5.41, 5.74) is 0.945. The van der Waals surface area contributed by atoms with E-state index in [1.54, 1.807) is 25.3 Å². The molecule has 0 unspecified atom stereocenters. The van der Waals surface area contributed by atoms with E-state index >= 15 is 0 Å². The Morgan fingerprint density at radius 2 is 2.21 bits per heavy atom. The molecule has 0 atom stereocenters. The van der Waals surface area contributed by atoms with Gasteiger partial charge in [-0.25, -0.2) is 0 Å². The van der Waals surface area contributed by atoms with E-state index < -0.39 is 0 Å². The van der Waals surface area contributed by atoms with E-state index in [2.05, 4.69) is 6.58 Å². The van der Waals surface area contributed by atoms with Gasteiger partial charge in [-0.2, -0.15) is 0 Å². The first-order chi connectivity index (χ1) is 6.81. The smallest absolute Gasteiger partial charge is 0.161 e. The van der Waals surface area contributed by atoms with Crippen LogP contribution < -0.4 is 9.47 Å². The summed E-state index contributed by atoms with van der Waals surface area (Å²) in [6.45, 7) is 3.68. The summed E-state index contributed by atoms with van der Waals surface area (Å²) in [6, 6.07) is 5.39. The van der Waals surface area contributed by atoms with E-state index in [0.29, 0.717) is 17.8 Å². The molecule has 0 radical (unpaired) electrons. The summed E-state index contributed by atoms with van der Waals surface area (Å²) in [4.78, 5) is 10.1. The topological polar surface area (TPSA) is 35.5 Å². The zero-order valence-electron chi connectivity index (χ0n) is 8.03. The number of carbonyl (C=O) groups excluding carboxylic acids is 1. The van der Waals surface area contributed by atoms with Crippen LogP contribution in [0.25, 0.3) is 6.08 Å². The maximum Gasteiger partial charge on any atom is 0.161 e. The molecule has 74 valence electrons. The molecule has 0 amide bonds. The summed E-state index contributed by atoms with van der Waals surface area (Å²) in [7, 11) is 1.55. The first kappa shape index (κ1) is 10.3. The van der Waals surface area contributed by atoms with Gasteiger partial charge in [0.2, 0.25) is 0 Å². The number of ether oxygens (including phenoxy) is 2. The fraction of sp³-hybridized carbons (Fsp3) is 0.182. The third kappa shape index (κ3) is 2.36. The Morgan fingerprint density at radius 3 is 2.79 bits per heavy atom. The van der Waals surface area contributed by atoms with Gasteiger partial charge in [0.15, 0.2) is 17.8 Å². The van der Waals surface area contributed by atoms with E-state index in [9.17, 15) is 4.79 Å². The Kier molecular flexibility index (Phi) is 3.73. The standard InChI is InChI=1S/C11H12O3/c1-3-9-4-5-10(14-7-6-12)11(8-9)13-2/h3-6,8H,1,7H2,2H3. The lowest BCUT2D eigenvalue weighted by Crippen LogP contribution is -1.99. The second-order valence-corrected chi connectivity index (χ2v) is 2.59. The summed E-state index contributed by atoms with van der Waals surface area (Å²) in [5, 5.41) is 0. The molecule has 1 aromatic carbocycles. The molecular weight excluding hydrogens is 180 g/mol. The summed E-state index contributed by atoms with van der Waals surface area (Å²) >= 11 is 0. The molecule has 0 spiro atoms. The van der Waals surface area contributed by atoms with Gasteiger partial charge < -0.3 is 9.47 Å². The van der Waals surface area contributed by atoms with Crippen LogP contribution in [-0.4, -0.2) is 20.0 Å². The Morgan fingerprint density at radius 1 is 1.43 bits per heavy atom. The fourth-order valence-corrected chi connectivity index (χ4v) is 1.05. The number of aldehydes is 1. The normalized spacial score (nSPS) is 9.21. The van der Waals surface area contributed by atoms with E-state index in [4.69, 9.17) is 9.47 Å². The second-order valence-electron chi connectivity index (χ2n) is 2.59. The predicted octanol–water partition coefficient (Wildman–Crippen LogP) is 1.92. The van der Waals surface area contributed by atoms with Crippen LogP contribution >= 0.6 is 0 Å². The highest BCUT2D eigenvalue weighted by Crippen LogP contribution is 2.28. The van der Waals surface area contributed by atoms with Crippen molar-refractivity contribution < 1.29 is 14.3 Å². The van der Waals surface area contributed by atoms with Crippen molar-refractivity contribution in [3.8, 4) is 11.5 Å². The van der Waals surface area contributed by atoms with E-state index in [0.717, 1.165) is 5.56 Å². The summed E-state index contributed by atoms with van der Waals surface area (Å²) in [6.07, 6.45) is 2.41. The minimum atomic E-state index is 0.0315. The number of hydrogen-bond donors (Lipinski definition) is 0. The van der Waals surface area contributed by atoms with Crippen LogP contribution in [0.5, 0.6) is 11.5 Å². The first-order valence-electron chi connectivity index (χ1n) is 4.18. The molecule has 3 nitrogen and oxygen atoms in total. The SMILES string of the molecule is C=Cc1ccc(OCC=O)c(OC)c1. The van der Waals surface area contributed by atoms with E-state index in [1.165, 1.54) is 0 Å². The predicted molar refractivity (Wildman–Crippen MR) is 54.6 cm³/mol. The van der Waals surface area contributed by atoms with E-state index in [1.807, 2.05) is 6.07 Å². The Balaban J connectivity index is 2.92. The van der Waals surface area contributed by atoms with Crippen LogP contribution in [0.1, 0.15) is 5.56 Å². The van der Waals surface area contributed by atoms with Crippen LogP contribution in [0.15, 0.2) is 24.8 Å². The quantitative estimate of drug-likeness (QED) is 0.668. The third-order valence-corrected chi connectivity index (χ3v) is 1.73. The molecule has 0 N–H and O–H groups in total. The van der Waals surface area contributed by atoms with Gasteiger partial charge in [0.1, 0.15) is 6.61 Å². The summed E-state index contributed by atoms with van der Waals surface area (Å²) < 4.78 is 10.2. The van der Waals surface area contributed by atoms with Gasteiger partial charge in [-0.3, -0.25) is 4.79 Å². The van der Waals surface area contributed by atoms with Crippen molar-refractivity contribution in [2.75, 3.05) is 13.7 Å². The highest BCUT2D eigenvalue weighted by Gasteiger charge is 2.03. The van der Waals surface area contributed by atoms with Gasteiger partial charge >= 0.3 is 0 Å². The van der Waals surface area contributed by atoms with Gasteiger partial charge in [0, 0.05) is 0 Å². The first-order valence-corrected chi connectivity index (χ1v) is 4.18. The molecule has 0 saturated heterocycles. The molecule has 0 bridgehead atoms. The molecule has 0 aliphatic rings. The molecule has 14 heavy (non-hydrogen) atoms. The number of benzene rings is 1. The zero-order chi connectivity index (χ0) is 10.4. The Hall–Kier alpha value is -1.77. The van der Waals surface area contributed by atoms with Crippen molar-refractivity contribution in [2.24, 2.45) is 0 Å². The number of carbonyl (C=O) groups is 1. The lowest BCUT2D eigenvalue weighted by Gasteiger charge is -2.08. The number of hydrogen-bond acceptors (Lipinski definition) is 3. The van der Waals surface area contributed by atoms with Crippen molar-refractivity contribution in [1.82, 2.24) is 0 Å². The molecule has 1 rings (SSSR count). The molecule has 0 aromatic heterocycles. The molecular formula is C11H12O3. The minimum absolute atomic E-state index is 0.0315. The lowest BCUT2D eigenvalue weighted by atomic mass is 10.2. The Labute approximate surface area is 83.0 Å². The maximum atomic E-state index is 10.1. The van der Waals surface area contributed by atoms with Gasteiger partial charge in [0.05, 0.1) is 7.11 Å². The van der Waals surface area contributed by atoms with Crippen molar-refractivity contribution in [1.29, 1.82) is 0 Å². The van der Waals surface area contributed by atoms with Crippen molar-refractivity contribution >= 4 is 12.4 Å². The van der Waals surface area contributed by atoms with Gasteiger partial charge in [-0.05, 0) is 17.7 Å². The van der Waals surface area contributed by atoms with Crippen molar-refractivity contribution in [3.05, 3.63) is 30.3 Å². The van der Waals surface area contributed by atoms with Crippen LogP contribution in [0.2, 0.25) is 0 Å². The van der Waals surface area contributed by atoms with Crippen LogP contribution in [0, 0.1) is 0 Å². The number of rotatable bonds is 5. The molecule has 0 saturated carbocycles. The lowest BCUT2D eigenvalue weighted by molar-refractivity contribution is -0.109. The molecule has 3 heteroatoms. The monoisotopic (exact) mass is 192 g/mol. The van der Waals surface area contributed by atoms with E-state index in [-0.39, 0.29) is 6.61 Å². The largest absolute Gasteiger partial charge is 0.493 e.